The summed E-state index contributed by atoms with van der Waals surface area (Å²) in [7, 11) is 0. The number of nitrogens with one attached hydrogen (secondary N) is 1. The number of nitrogens with zero attached hydrogens (tertiary/aromatic N) is 4. The van der Waals surface area contributed by atoms with Crippen LogP contribution >= 0.6 is 0 Å². The first-order valence-corrected chi connectivity index (χ1v) is 8.88. The summed E-state index contributed by atoms with van der Waals surface area (Å²) in [6.45, 7) is 3.04. The molecule has 1 aliphatic heterocycles. The lowest BCUT2D eigenvalue weighted by atomic mass is 9.98. The first-order chi connectivity index (χ1) is 13.6. The second-order valence-corrected chi connectivity index (χ2v) is 6.69. The van der Waals surface area contributed by atoms with Crippen molar-refractivity contribution in [2.24, 2.45) is 5.92 Å². The summed E-state index contributed by atoms with van der Waals surface area (Å²) in [5.74, 6) is 0.455. The Labute approximate surface area is 160 Å². The van der Waals surface area contributed by atoms with E-state index in [-0.39, 0.29) is 17.5 Å². The van der Waals surface area contributed by atoms with Crippen LogP contribution in [0.1, 0.15) is 21.8 Å². The van der Waals surface area contributed by atoms with Gasteiger partial charge in [-0.25, -0.2) is 14.8 Å². The van der Waals surface area contributed by atoms with Gasteiger partial charge in [0.25, 0.3) is 0 Å². The Morgan fingerprint density at radius 1 is 1.21 bits per heavy atom. The predicted molar refractivity (Wildman–Crippen MR) is 98.9 cm³/mol. The van der Waals surface area contributed by atoms with Gasteiger partial charge in [0.1, 0.15) is 5.76 Å². The van der Waals surface area contributed by atoms with Crippen molar-refractivity contribution in [3.05, 3.63) is 53.7 Å². The summed E-state index contributed by atoms with van der Waals surface area (Å²) in [6.07, 6.45) is 3.78. The molecule has 0 saturated carbocycles. The van der Waals surface area contributed by atoms with Crippen LogP contribution in [0.25, 0.3) is 11.4 Å². The number of anilines is 1. The third-order valence-electron chi connectivity index (χ3n) is 4.58. The van der Waals surface area contributed by atoms with Gasteiger partial charge in [-0.3, -0.25) is 4.98 Å². The smallest absolute Gasteiger partial charge is 0.335 e. The molecule has 144 valence electrons. The Kier molecular flexibility index (Phi) is 4.98. The minimum atomic E-state index is -1.01. The zero-order valence-electron chi connectivity index (χ0n) is 15.2. The molecule has 1 aliphatic rings. The number of aromatic nitrogens is 4. The highest BCUT2D eigenvalue weighted by molar-refractivity contribution is 5.88. The van der Waals surface area contributed by atoms with E-state index in [1.54, 1.807) is 12.3 Å². The lowest BCUT2D eigenvalue weighted by molar-refractivity contribution is 0.0697. The highest BCUT2D eigenvalue weighted by Crippen LogP contribution is 2.23. The molecule has 0 unspecified atom stereocenters. The number of ether oxygens (including phenoxy) is 1. The number of pyridine rings is 1. The van der Waals surface area contributed by atoms with Crippen LogP contribution in [-0.4, -0.2) is 50.4 Å². The molecule has 0 amide bonds. The second-order valence-electron chi connectivity index (χ2n) is 6.69. The van der Waals surface area contributed by atoms with E-state index >= 15 is 0 Å². The number of aryl methyl sites for hydroxylation is 1. The highest BCUT2D eigenvalue weighted by atomic mass is 16.5. The van der Waals surface area contributed by atoms with Gasteiger partial charge in [0.05, 0.1) is 41.9 Å². The molecule has 1 saturated heterocycles. The number of carboxylic acids is 1. The van der Waals surface area contributed by atoms with Crippen LogP contribution in [0.3, 0.4) is 0 Å². The zero-order chi connectivity index (χ0) is 19.5. The van der Waals surface area contributed by atoms with Gasteiger partial charge in [-0.05, 0) is 25.1 Å². The van der Waals surface area contributed by atoms with Crippen molar-refractivity contribution in [3.8, 4) is 11.4 Å². The topological polar surface area (TPSA) is 123 Å². The van der Waals surface area contributed by atoms with Crippen LogP contribution in [0.4, 0.5) is 5.95 Å². The first kappa shape index (κ1) is 18.1. The third-order valence-corrected chi connectivity index (χ3v) is 4.58. The minimum absolute atomic E-state index is 0.0268. The summed E-state index contributed by atoms with van der Waals surface area (Å²) in [6, 6.07) is 6.58. The molecular weight excluding hydrogens is 362 g/mol. The van der Waals surface area contributed by atoms with E-state index in [0.29, 0.717) is 37.0 Å². The molecule has 28 heavy (non-hydrogen) atoms. The largest absolute Gasteiger partial charge is 0.478 e. The Morgan fingerprint density at radius 3 is 2.86 bits per heavy atom. The Bertz CT molecular complexity index is 990. The quantitative estimate of drug-likeness (QED) is 0.661. The summed E-state index contributed by atoms with van der Waals surface area (Å²) in [5.41, 5.74) is 2.03. The van der Waals surface area contributed by atoms with E-state index in [4.69, 9.17) is 14.4 Å². The van der Waals surface area contributed by atoms with E-state index < -0.39 is 5.97 Å². The first-order valence-electron chi connectivity index (χ1n) is 8.88. The Morgan fingerprint density at radius 2 is 2.07 bits per heavy atom. The zero-order valence-corrected chi connectivity index (χ0v) is 15.2. The molecule has 0 bridgehead atoms. The van der Waals surface area contributed by atoms with Gasteiger partial charge < -0.3 is 19.7 Å². The molecule has 9 nitrogen and oxygen atoms in total. The predicted octanol–water partition coefficient (Wildman–Crippen LogP) is 2.20. The summed E-state index contributed by atoms with van der Waals surface area (Å²) < 4.78 is 10.9. The molecule has 2 atom stereocenters. The average Bonchev–Trinajstić information content (AvgIpc) is 3.31. The van der Waals surface area contributed by atoms with Gasteiger partial charge in [0.15, 0.2) is 0 Å². The molecule has 9 heteroatoms. The van der Waals surface area contributed by atoms with E-state index in [1.807, 2.05) is 13.0 Å². The number of aromatic carboxylic acids is 1. The molecule has 4 rings (SSSR count). The standard InChI is InChI=1S/C19H19N5O4/c1-11-6-14(28-24-11)7-13-9-27-10-17(13)23-19-21-5-3-15(22-19)16-8-12(18(25)26)2-4-20-16/h2-6,8,13,17H,7,9-10H2,1H3,(H,25,26)(H,21,22,23)/t13-,17+/m1/s1. The van der Waals surface area contributed by atoms with Gasteiger partial charge >= 0.3 is 5.97 Å². The van der Waals surface area contributed by atoms with Crippen LogP contribution in [0.5, 0.6) is 0 Å². The minimum Gasteiger partial charge on any atom is -0.478 e. The van der Waals surface area contributed by atoms with Crippen molar-refractivity contribution in [1.29, 1.82) is 0 Å². The number of carbonyl (C=O) groups is 1. The Balaban J connectivity index is 1.50. The van der Waals surface area contributed by atoms with Crippen LogP contribution in [0.15, 0.2) is 41.2 Å². The van der Waals surface area contributed by atoms with E-state index in [0.717, 1.165) is 11.5 Å². The fourth-order valence-corrected chi connectivity index (χ4v) is 3.17. The van der Waals surface area contributed by atoms with Gasteiger partial charge in [-0.2, -0.15) is 0 Å². The average molecular weight is 381 g/mol. The van der Waals surface area contributed by atoms with Crippen LogP contribution in [-0.2, 0) is 11.2 Å². The van der Waals surface area contributed by atoms with E-state index in [2.05, 4.69) is 25.4 Å². The maximum atomic E-state index is 11.2. The number of rotatable bonds is 6. The Hall–Kier alpha value is -3.33. The molecular formula is C19H19N5O4. The fraction of sp³-hybridized carbons (Fsp3) is 0.316. The van der Waals surface area contributed by atoms with Gasteiger partial charge in [0.2, 0.25) is 5.95 Å². The van der Waals surface area contributed by atoms with Crippen LogP contribution in [0.2, 0.25) is 0 Å². The number of hydrogen-bond donors (Lipinski definition) is 2. The molecule has 2 N–H and O–H groups in total. The maximum Gasteiger partial charge on any atom is 0.335 e. The second kappa shape index (κ2) is 7.73. The van der Waals surface area contributed by atoms with Crippen molar-refractivity contribution >= 4 is 11.9 Å². The molecule has 0 radical (unpaired) electrons. The molecule has 1 fully saturated rings. The molecule has 0 aromatic carbocycles. The van der Waals surface area contributed by atoms with Crippen molar-refractivity contribution in [2.45, 2.75) is 19.4 Å². The monoisotopic (exact) mass is 381 g/mol. The normalized spacial score (nSPS) is 18.9. The summed E-state index contributed by atoms with van der Waals surface area (Å²) >= 11 is 0. The van der Waals surface area contributed by atoms with Crippen LogP contribution in [0, 0.1) is 12.8 Å². The van der Waals surface area contributed by atoms with Crippen LogP contribution < -0.4 is 5.32 Å². The van der Waals surface area contributed by atoms with Gasteiger partial charge in [-0.1, -0.05) is 5.16 Å². The summed E-state index contributed by atoms with van der Waals surface area (Å²) in [4.78, 5) is 24.1. The van der Waals surface area contributed by atoms with Crippen molar-refractivity contribution in [1.82, 2.24) is 20.1 Å². The molecule has 0 spiro atoms. The van der Waals surface area contributed by atoms with E-state index in [9.17, 15) is 4.79 Å². The molecule has 4 heterocycles. The van der Waals surface area contributed by atoms with E-state index in [1.165, 1.54) is 18.3 Å². The van der Waals surface area contributed by atoms with Crippen molar-refractivity contribution in [3.63, 3.8) is 0 Å². The SMILES string of the molecule is Cc1cc(C[C@@H]2COC[C@@H]2Nc2nccc(-c3cc(C(=O)O)ccn3)n2)on1. The summed E-state index contributed by atoms with van der Waals surface area (Å²) in [5, 5.41) is 16.4. The number of carboxylic acid groups (broad SMARTS) is 1. The molecule has 0 aliphatic carbocycles. The fourth-order valence-electron chi connectivity index (χ4n) is 3.17. The lowest BCUT2D eigenvalue weighted by Gasteiger charge is -2.18. The van der Waals surface area contributed by atoms with Gasteiger partial charge in [0, 0.05) is 30.8 Å². The lowest BCUT2D eigenvalue weighted by Crippen LogP contribution is -2.30. The van der Waals surface area contributed by atoms with Crippen molar-refractivity contribution in [2.75, 3.05) is 18.5 Å². The van der Waals surface area contributed by atoms with Gasteiger partial charge in [-0.15, -0.1) is 0 Å². The highest BCUT2D eigenvalue weighted by Gasteiger charge is 2.30. The molecule has 3 aromatic heterocycles. The van der Waals surface area contributed by atoms with Crippen molar-refractivity contribution < 1.29 is 19.2 Å². The number of hydrogen-bond acceptors (Lipinski definition) is 8. The molecule has 3 aromatic rings. The third kappa shape index (κ3) is 3.99. The maximum absolute atomic E-state index is 11.2.